The number of benzene rings is 1. The van der Waals surface area contributed by atoms with Gasteiger partial charge in [-0.05, 0) is 18.4 Å². The second-order valence-corrected chi connectivity index (χ2v) is 5.08. The van der Waals surface area contributed by atoms with Gasteiger partial charge < -0.3 is 15.7 Å². The Balaban J connectivity index is 2.26. The molecule has 1 aliphatic heterocycles. The van der Waals surface area contributed by atoms with Gasteiger partial charge in [0.1, 0.15) is 5.69 Å². The van der Waals surface area contributed by atoms with Crippen LogP contribution in [-0.2, 0) is 0 Å². The van der Waals surface area contributed by atoms with Crippen molar-refractivity contribution in [3.63, 3.8) is 0 Å². The number of nitrogens with two attached hydrogens (primary N) is 1. The fourth-order valence-electron chi connectivity index (χ4n) is 2.30. The minimum absolute atomic E-state index is 0.112. The van der Waals surface area contributed by atoms with Crippen LogP contribution in [0.3, 0.4) is 0 Å². The van der Waals surface area contributed by atoms with E-state index in [4.69, 9.17) is 5.73 Å². The predicted octanol–water partition coefficient (Wildman–Crippen LogP) is 1.02. The number of para-hydroxylation sites is 1. The summed E-state index contributed by atoms with van der Waals surface area (Å²) in [5.74, 6) is -0.237. The molecule has 0 saturated carbocycles. The molecule has 7 nitrogen and oxygen atoms in total. The van der Waals surface area contributed by atoms with Gasteiger partial charge in [-0.2, -0.15) is 0 Å². The highest BCUT2D eigenvalue weighted by Gasteiger charge is 2.30. The first-order valence-electron chi connectivity index (χ1n) is 6.42. The van der Waals surface area contributed by atoms with Crippen LogP contribution in [0.25, 0.3) is 0 Å². The normalized spacial score (nSPS) is 22.6. The molecule has 1 aromatic carbocycles. The zero-order chi connectivity index (χ0) is 14.9. The molecule has 7 heteroatoms. The van der Waals surface area contributed by atoms with Gasteiger partial charge in [-0.25, -0.2) is 0 Å². The lowest BCUT2D eigenvalue weighted by Gasteiger charge is -2.34. The monoisotopic (exact) mass is 279 g/mol. The number of anilines is 1. The van der Waals surface area contributed by atoms with E-state index in [2.05, 4.69) is 0 Å². The van der Waals surface area contributed by atoms with Gasteiger partial charge in [-0.1, -0.05) is 13.0 Å². The summed E-state index contributed by atoms with van der Waals surface area (Å²) >= 11 is 0. The molecule has 0 radical (unpaired) electrons. The molecule has 0 bridgehead atoms. The van der Waals surface area contributed by atoms with E-state index in [9.17, 15) is 20.0 Å². The zero-order valence-electron chi connectivity index (χ0n) is 11.2. The third kappa shape index (κ3) is 2.57. The number of piperidine rings is 1. The number of carbonyl (C=O) groups excluding carboxylic acids is 1. The number of amides is 1. The number of β-amino-alcohol motifs (C(OH)–C–C–N with tert-alkyl or cyclic N) is 1. The SMILES string of the molecule is CC1CCN(C(=O)c2cccc([N+](=O)[O-])c2N)CC1O. The Hall–Kier alpha value is -2.15. The van der Waals surface area contributed by atoms with E-state index in [0.29, 0.717) is 13.0 Å². The number of carbonyl (C=O) groups is 1. The molecule has 20 heavy (non-hydrogen) atoms. The molecule has 108 valence electrons. The largest absolute Gasteiger partial charge is 0.393 e. The summed E-state index contributed by atoms with van der Waals surface area (Å²) in [7, 11) is 0. The maximum Gasteiger partial charge on any atom is 0.292 e. The van der Waals surface area contributed by atoms with Gasteiger partial charge in [0.15, 0.2) is 0 Å². The Morgan fingerprint density at radius 1 is 1.55 bits per heavy atom. The Bertz CT molecular complexity index is 546. The first-order valence-corrected chi connectivity index (χ1v) is 6.42. The molecule has 1 saturated heterocycles. The lowest BCUT2D eigenvalue weighted by Crippen LogP contribution is -2.46. The fourth-order valence-corrected chi connectivity index (χ4v) is 2.30. The van der Waals surface area contributed by atoms with Crippen molar-refractivity contribution in [2.45, 2.75) is 19.4 Å². The smallest absolute Gasteiger partial charge is 0.292 e. The molecule has 0 aromatic heterocycles. The van der Waals surface area contributed by atoms with Crippen LogP contribution in [0.1, 0.15) is 23.7 Å². The van der Waals surface area contributed by atoms with Crippen molar-refractivity contribution in [3.05, 3.63) is 33.9 Å². The Morgan fingerprint density at radius 2 is 2.25 bits per heavy atom. The van der Waals surface area contributed by atoms with Crippen LogP contribution in [0.5, 0.6) is 0 Å². The molecule has 2 atom stereocenters. The van der Waals surface area contributed by atoms with Crippen molar-refractivity contribution < 1.29 is 14.8 Å². The molecule has 0 aliphatic carbocycles. The molecule has 2 rings (SSSR count). The molecule has 1 aliphatic rings. The van der Waals surface area contributed by atoms with Crippen LogP contribution in [0.15, 0.2) is 18.2 Å². The minimum Gasteiger partial charge on any atom is -0.393 e. The summed E-state index contributed by atoms with van der Waals surface area (Å²) in [6.45, 7) is 2.66. The molecule has 3 N–H and O–H groups in total. The number of likely N-dealkylation sites (tertiary alicyclic amines) is 1. The summed E-state index contributed by atoms with van der Waals surface area (Å²) in [4.78, 5) is 24.1. The van der Waals surface area contributed by atoms with Crippen molar-refractivity contribution >= 4 is 17.3 Å². The molecule has 1 aromatic rings. The third-order valence-electron chi connectivity index (χ3n) is 3.72. The van der Waals surface area contributed by atoms with E-state index in [-0.39, 0.29) is 35.3 Å². The number of aliphatic hydroxyl groups excluding tert-OH is 1. The van der Waals surface area contributed by atoms with Gasteiger partial charge >= 0.3 is 0 Å². The van der Waals surface area contributed by atoms with Gasteiger partial charge in [-0.15, -0.1) is 0 Å². The quantitative estimate of drug-likeness (QED) is 0.477. The van der Waals surface area contributed by atoms with Crippen LogP contribution in [0.4, 0.5) is 11.4 Å². The van der Waals surface area contributed by atoms with Crippen LogP contribution in [0.2, 0.25) is 0 Å². The molecule has 1 fully saturated rings. The average Bonchev–Trinajstić information content (AvgIpc) is 2.41. The lowest BCUT2D eigenvalue weighted by molar-refractivity contribution is -0.383. The van der Waals surface area contributed by atoms with Crippen LogP contribution in [-0.4, -0.2) is 40.0 Å². The van der Waals surface area contributed by atoms with Crippen molar-refractivity contribution in [3.8, 4) is 0 Å². The highest BCUT2D eigenvalue weighted by atomic mass is 16.6. The van der Waals surface area contributed by atoms with Crippen molar-refractivity contribution in [2.75, 3.05) is 18.8 Å². The van der Waals surface area contributed by atoms with E-state index in [1.165, 1.54) is 23.1 Å². The molecule has 1 heterocycles. The summed E-state index contributed by atoms with van der Waals surface area (Å²) < 4.78 is 0. The van der Waals surface area contributed by atoms with Crippen molar-refractivity contribution in [1.29, 1.82) is 0 Å². The van der Waals surface area contributed by atoms with Crippen LogP contribution >= 0.6 is 0 Å². The van der Waals surface area contributed by atoms with Gasteiger partial charge in [0.05, 0.1) is 16.6 Å². The second-order valence-electron chi connectivity index (χ2n) is 5.08. The number of hydrogen-bond donors (Lipinski definition) is 2. The van der Waals surface area contributed by atoms with Gasteiger partial charge in [0, 0.05) is 19.2 Å². The van der Waals surface area contributed by atoms with Gasteiger partial charge in [0.2, 0.25) is 0 Å². The van der Waals surface area contributed by atoms with Crippen molar-refractivity contribution in [2.24, 2.45) is 5.92 Å². The fraction of sp³-hybridized carbons (Fsp3) is 0.462. The van der Waals surface area contributed by atoms with Crippen molar-refractivity contribution in [1.82, 2.24) is 4.90 Å². The van der Waals surface area contributed by atoms with Crippen LogP contribution in [0, 0.1) is 16.0 Å². The standard InChI is InChI=1S/C13H17N3O4/c1-8-5-6-15(7-11(8)17)13(18)9-3-2-4-10(12(9)14)16(19)20/h2-4,8,11,17H,5-7,14H2,1H3. The molecule has 2 unspecified atom stereocenters. The number of nitro groups is 1. The second kappa shape index (κ2) is 5.46. The summed E-state index contributed by atoms with van der Waals surface area (Å²) in [6.07, 6.45) is 0.120. The summed E-state index contributed by atoms with van der Waals surface area (Å²) in [5.41, 5.74) is 5.41. The lowest BCUT2D eigenvalue weighted by atomic mass is 9.95. The Kier molecular flexibility index (Phi) is 3.89. The molecule has 0 spiro atoms. The highest BCUT2D eigenvalue weighted by molar-refractivity contribution is 6.01. The Labute approximate surface area is 116 Å². The van der Waals surface area contributed by atoms with E-state index in [1.807, 2.05) is 6.92 Å². The molecule has 1 amide bonds. The Morgan fingerprint density at radius 3 is 2.85 bits per heavy atom. The summed E-state index contributed by atoms with van der Waals surface area (Å²) in [5, 5.41) is 20.7. The van der Waals surface area contributed by atoms with E-state index in [0.717, 1.165) is 0 Å². The topological polar surface area (TPSA) is 110 Å². The molecular weight excluding hydrogens is 262 g/mol. The van der Waals surface area contributed by atoms with E-state index < -0.39 is 11.0 Å². The van der Waals surface area contributed by atoms with E-state index >= 15 is 0 Å². The first kappa shape index (κ1) is 14.3. The summed E-state index contributed by atoms with van der Waals surface area (Å²) in [6, 6.07) is 4.17. The first-order chi connectivity index (χ1) is 9.41. The van der Waals surface area contributed by atoms with Gasteiger partial charge in [-0.3, -0.25) is 14.9 Å². The number of nitro benzene ring substituents is 1. The number of hydrogen-bond acceptors (Lipinski definition) is 5. The third-order valence-corrected chi connectivity index (χ3v) is 3.72. The number of nitrogen functional groups attached to an aromatic ring is 1. The van der Waals surface area contributed by atoms with Gasteiger partial charge in [0.25, 0.3) is 11.6 Å². The molecular formula is C13H17N3O4. The number of rotatable bonds is 2. The number of nitrogens with zero attached hydrogens (tertiary/aromatic N) is 2. The van der Waals surface area contributed by atoms with Crippen LogP contribution < -0.4 is 5.73 Å². The predicted molar refractivity (Wildman–Crippen MR) is 73.2 cm³/mol. The average molecular weight is 279 g/mol. The maximum absolute atomic E-state index is 12.4. The zero-order valence-corrected chi connectivity index (χ0v) is 11.2. The van der Waals surface area contributed by atoms with E-state index in [1.54, 1.807) is 0 Å². The maximum atomic E-state index is 12.4. The number of aliphatic hydroxyl groups is 1. The minimum atomic E-state index is -0.612. The highest BCUT2D eigenvalue weighted by Crippen LogP contribution is 2.27.